The summed E-state index contributed by atoms with van der Waals surface area (Å²) in [5.74, 6) is -0.0774. The molecule has 0 aliphatic heterocycles. The van der Waals surface area contributed by atoms with E-state index in [9.17, 15) is 4.79 Å². The van der Waals surface area contributed by atoms with E-state index >= 15 is 0 Å². The smallest absolute Gasteiger partial charge is 0.255 e. The van der Waals surface area contributed by atoms with Crippen LogP contribution in [0.1, 0.15) is 27.9 Å². The lowest BCUT2D eigenvalue weighted by atomic mass is 10.1. The highest BCUT2D eigenvalue weighted by Gasteiger charge is 2.10. The van der Waals surface area contributed by atoms with Gasteiger partial charge in [0, 0.05) is 21.1 Å². The van der Waals surface area contributed by atoms with E-state index in [1.165, 1.54) is 5.56 Å². The van der Waals surface area contributed by atoms with Gasteiger partial charge < -0.3 is 5.32 Å². The van der Waals surface area contributed by atoms with Gasteiger partial charge in [-0.1, -0.05) is 50.1 Å². The Balaban J connectivity index is 2.14. The van der Waals surface area contributed by atoms with Crippen LogP contribution in [0.25, 0.3) is 0 Å². The van der Waals surface area contributed by atoms with E-state index in [1.54, 1.807) is 0 Å². The standard InChI is InChI=1S/C17H17Br2NO/c1-12-7-8-14(19)11-16(12)17(21)20-15-6-2-4-13(10-15)5-3-9-18/h2,4,6-8,10-11H,3,5,9H2,1H3,(H,20,21). The van der Waals surface area contributed by atoms with E-state index < -0.39 is 0 Å². The number of benzene rings is 2. The molecule has 0 heterocycles. The van der Waals surface area contributed by atoms with Gasteiger partial charge in [0.1, 0.15) is 0 Å². The summed E-state index contributed by atoms with van der Waals surface area (Å²) in [6.45, 7) is 1.94. The molecule has 4 heteroatoms. The zero-order chi connectivity index (χ0) is 15.2. The van der Waals surface area contributed by atoms with Crippen molar-refractivity contribution in [1.29, 1.82) is 0 Å². The molecule has 0 radical (unpaired) electrons. The van der Waals surface area contributed by atoms with Gasteiger partial charge in [0.2, 0.25) is 0 Å². The average Bonchev–Trinajstić information content (AvgIpc) is 2.48. The number of amides is 1. The fraction of sp³-hybridized carbons (Fsp3) is 0.235. The molecule has 1 N–H and O–H groups in total. The Morgan fingerprint density at radius 1 is 1.19 bits per heavy atom. The van der Waals surface area contributed by atoms with Gasteiger partial charge in [0.25, 0.3) is 5.91 Å². The minimum Gasteiger partial charge on any atom is -0.322 e. The van der Waals surface area contributed by atoms with Gasteiger partial charge in [-0.2, -0.15) is 0 Å². The number of carbonyl (C=O) groups is 1. The zero-order valence-electron chi connectivity index (χ0n) is 11.8. The van der Waals surface area contributed by atoms with Crippen LogP contribution in [0, 0.1) is 6.92 Å². The van der Waals surface area contributed by atoms with Gasteiger partial charge in [-0.15, -0.1) is 0 Å². The quantitative estimate of drug-likeness (QED) is 0.662. The summed E-state index contributed by atoms with van der Waals surface area (Å²) in [6, 6.07) is 13.7. The summed E-state index contributed by atoms with van der Waals surface area (Å²) < 4.78 is 0.907. The third-order valence-electron chi connectivity index (χ3n) is 3.23. The lowest BCUT2D eigenvalue weighted by Crippen LogP contribution is -2.13. The maximum absolute atomic E-state index is 12.4. The molecule has 2 aromatic rings. The molecule has 0 bridgehead atoms. The summed E-state index contributed by atoms with van der Waals surface area (Å²) in [7, 11) is 0. The van der Waals surface area contributed by atoms with E-state index in [-0.39, 0.29) is 5.91 Å². The molecule has 0 saturated carbocycles. The van der Waals surface area contributed by atoms with Crippen molar-refractivity contribution in [2.75, 3.05) is 10.6 Å². The molecule has 0 aliphatic rings. The van der Waals surface area contributed by atoms with Crippen molar-refractivity contribution >= 4 is 43.5 Å². The number of alkyl halides is 1. The molecule has 110 valence electrons. The monoisotopic (exact) mass is 409 g/mol. The average molecular weight is 411 g/mol. The predicted octanol–water partition coefficient (Wildman–Crippen LogP) is 5.34. The third kappa shape index (κ3) is 4.68. The topological polar surface area (TPSA) is 29.1 Å². The van der Waals surface area contributed by atoms with E-state index in [0.29, 0.717) is 5.56 Å². The van der Waals surface area contributed by atoms with E-state index in [1.807, 2.05) is 43.3 Å². The molecule has 0 aromatic heterocycles. The van der Waals surface area contributed by atoms with E-state index in [0.717, 1.165) is 33.9 Å². The van der Waals surface area contributed by atoms with Crippen molar-refractivity contribution in [2.24, 2.45) is 0 Å². The van der Waals surface area contributed by atoms with Crippen molar-refractivity contribution < 1.29 is 4.79 Å². The Morgan fingerprint density at radius 2 is 2.00 bits per heavy atom. The Bertz CT molecular complexity index is 640. The summed E-state index contributed by atoms with van der Waals surface area (Å²) in [5, 5.41) is 3.96. The minimum atomic E-state index is -0.0774. The van der Waals surface area contributed by atoms with Gasteiger partial charge in [0.05, 0.1) is 0 Å². The van der Waals surface area contributed by atoms with Crippen LogP contribution in [0.3, 0.4) is 0 Å². The number of hydrogen-bond acceptors (Lipinski definition) is 1. The van der Waals surface area contributed by atoms with Crippen molar-refractivity contribution in [2.45, 2.75) is 19.8 Å². The molecule has 0 fully saturated rings. The van der Waals surface area contributed by atoms with Crippen LogP contribution in [0.4, 0.5) is 5.69 Å². The molecule has 2 rings (SSSR count). The zero-order valence-corrected chi connectivity index (χ0v) is 15.0. The highest BCUT2D eigenvalue weighted by molar-refractivity contribution is 9.10. The van der Waals surface area contributed by atoms with Crippen molar-refractivity contribution in [3.8, 4) is 0 Å². The Morgan fingerprint density at radius 3 is 2.76 bits per heavy atom. The first-order chi connectivity index (χ1) is 10.1. The van der Waals surface area contributed by atoms with Gasteiger partial charge in [-0.25, -0.2) is 0 Å². The minimum absolute atomic E-state index is 0.0774. The second-order valence-corrected chi connectivity index (χ2v) is 6.61. The van der Waals surface area contributed by atoms with Gasteiger partial charge in [0.15, 0.2) is 0 Å². The number of aryl methyl sites for hydroxylation is 2. The van der Waals surface area contributed by atoms with Crippen LogP contribution >= 0.6 is 31.9 Å². The summed E-state index contributed by atoms with van der Waals surface area (Å²) in [6.07, 6.45) is 2.09. The lowest BCUT2D eigenvalue weighted by Gasteiger charge is -2.09. The van der Waals surface area contributed by atoms with Crippen LogP contribution in [0.5, 0.6) is 0 Å². The molecule has 0 spiro atoms. The van der Waals surface area contributed by atoms with Gasteiger partial charge >= 0.3 is 0 Å². The second kappa shape index (κ2) is 7.76. The number of halogens is 2. The number of anilines is 1. The van der Waals surface area contributed by atoms with E-state index in [4.69, 9.17) is 0 Å². The molecular formula is C17H17Br2NO. The maximum Gasteiger partial charge on any atom is 0.255 e. The van der Waals surface area contributed by atoms with Gasteiger partial charge in [-0.3, -0.25) is 4.79 Å². The van der Waals surface area contributed by atoms with Crippen LogP contribution in [0.2, 0.25) is 0 Å². The van der Waals surface area contributed by atoms with Crippen LogP contribution in [-0.2, 0) is 6.42 Å². The molecule has 0 unspecified atom stereocenters. The first kappa shape index (κ1) is 16.2. The second-order valence-electron chi connectivity index (χ2n) is 4.91. The predicted molar refractivity (Wildman–Crippen MR) is 95.4 cm³/mol. The number of carbonyl (C=O) groups excluding carboxylic acids is 1. The molecule has 0 aliphatic carbocycles. The SMILES string of the molecule is Cc1ccc(Br)cc1C(=O)Nc1cccc(CCCBr)c1. The van der Waals surface area contributed by atoms with Crippen LogP contribution in [-0.4, -0.2) is 11.2 Å². The van der Waals surface area contributed by atoms with E-state index in [2.05, 4.69) is 43.2 Å². The lowest BCUT2D eigenvalue weighted by molar-refractivity contribution is 0.102. The van der Waals surface area contributed by atoms with Crippen molar-refractivity contribution in [3.05, 3.63) is 63.6 Å². The molecule has 0 saturated heterocycles. The summed E-state index contributed by atoms with van der Waals surface area (Å²) in [4.78, 5) is 12.4. The molecular weight excluding hydrogens is 394 g/mol. The number of rotatable bonds is 5. The Hall–Kier alpha value is -1.13. The van der Waals surface area contributed by atoms with Crippen molar-refractivity contribution in [3.63, 3.8) is 0 Å². The fourth-order valence-corrected chi connectivity index (χ4v) is 2.75. The fourth-order valence-electron chi connectivity index (χ4n) is 2.11. The highest BCUT2D eigenvalue weighted by atomic mass is 79.9. The molecule has 2 nitrogen and oxygen atoms in total. The maximum atomic E-state index is 12.4. The first-order valence-electron chi connectivity index (χ1n) is 6.82. The van der Waals surface area contributed by atoms with Crippen molar-refractivity contribution in [1.82, 2.24) is 0 Å². The summed E-state index contributed by atoms with van der Waals surface area (Å²) in [5.41, 5.74) is 3.73. The molecule has 21 heavy (non-hydrogen) atoms. The molecule has 2 aromatic carbocycles. The first-order valence-corrected chi connectivity index (χ1v) is 8.74. The summed E-state index contributed by atoms with van der Waals surface area (Å²) >= 11 is 6.84. The number of nitrogens with one attached hydrogen (secondary N) is 1. The van der Waals surface area contributed by atoms with Crippen LogP contribution < -0.4 is 5.32 Å². The van der Waals surface area contributed by atoms with Gasteiger partial charge in [-0.05, 0) is 55.2 Å². The third-order valence-corrected chi connectivity index (χ3v) is 4.28. The molecule has 0 atom stereocenters. The Labute approximate surface area is 142 Å². The molecule has 1 amide bonds. The number of hydrogen-bond donors (Lipinski definition) is 1. The highest BCUT2D eigenvalue weighted by Crippen LogP contribution is 2.19. The Kier molecular flexibility index (Phi) is 6.00. The normalized spacial score (nSPS) is 10.4. The van der Waals surface area contributed by atoms with Crippen LogP contribution in [0.15, 0.2) is 46.9 Å². The largest absolute Gasteiger partial charge is 0.322 e.